The minimum atomic E-state index is -0.539. The normalized spacial score (nSPS) is 16.1. The molecule has 194 valence electrons. The molecule has 10 nitrogen and oxygen atoms in total. The standard InChI is InChI=1S/C26H29FN6O4/c1-17(24(34)31-22-10-9-20(13-29-22)37-19-7-5-18(27)6-8-19)32-11-12-33(26(2,3)16-32)25(35)21-14-30-23(36-4)15-28-21/h5-10,13-15,17H,11-12,16H2,1-4H3,(H,29,31,34)/t17-/m0/s1. The van der Waals surface area contributed by atoms with Gasteiger partial charge in [0.05, 0.1) is 37.3 Å². The lowest BCUT2D eigenvalue weighted by Gasteiger charge is -2.48. The van der Waals surface area contributed by atoms with E-state index < -0.39 is 11.6 Å². The van der Waals surface area contributed by atoms with Gasteiger partial charge in [-0.15, -0.1) is 0 Å². The summed E-state index contributed by atoms with van der Waals surface area (Å²) in [4.78, 5) is 42.3. The number of carbonyl (C=O) groups is 2. The van der Waals surface area contributed by atoms with Crippen LogP contribution in [-0.2, 0) is 4.79 Å². The van der Waals surface area contributed by atoms with E-state index in [0.717, 1.165) is 0 Å². The summed E-state index contributed by atoms with van der Waals surface area (Å²) in [7, 11) is 1.49. The molecule has 1 saturated heterocycles. The van der Waals surface area contributed by atoms with Crippen molar-refractivity contribution in [3.63, 3.8) is 0 Å². The number of benzene rings is 1. The van der Waals surface area contributed by atoms with Gasteiger partial charge in [0.2, 0.25) is 11.8 Å². The predicted octanol–water partition coefficient (Wildman–Crippen LogP) is 3.38. The quantitative estimate of drug-likeness (QED) is 0.517. The molecule has 0 aliphatic carbocycles. The van der Waals surface area contributed by atoms with Crippen molar-refractivity contribution < 1.29 is 23.5 Å². The molecule has 4 rings (SSSR count). The topological polar surface area (TPSA) is 110 Å². The number of nitrogens with one attached hydrogen (secondary N) is 1. The fraction of sp³-hybridized carbons (Fsp3) is 0.346. The summed E-state index contributed by atoms with van der Waals surface area (Å²) in [5.41, 5.74) is -0.297. The highest BCUT2D eigenvalue weighted by atomic mass is 19.1. The highest BCUT2D eigenvalue weighted by Gasteiger charge is 2.40. The maximum atomic E-state index is 13.1. The second kappa shape index (κ2) is 10.9. The van der Waals surface area contributed by atoms with Gasteiger partial charge in [-0.05, 0) is 57.2 Å². The zero-order valence-corrected chi connectivity index (χ0v) is 21.1. The van der Waals surface area contributed by atoms with Crippen LogP contribution < -0.4 is 14.8 Å². The number of hydrogen-bond donors (Lipinski definition) is 1. The van der Waals surface area contributed by atoms with E-state index in [2.05, 4.69) is 20.3 Å². The summed E-state index contributed by atoms with van der Waals surface area (Å²) < 4.78 is 23.7. The molecule has 0 unspecified atom stereocenters. The third-order valence-electron chi connectivity index (χ3n) is 6.20. The number of anilines is 1. The molecule has 1 fully saturated rings. The van der Waals surface area contributed by atoms with Crippen molar-refractivity contribution in [2.75, 3.05) is 32.1 Å². The number of nitrogens with zero attached hydrogens (tertiary/aromatic N) is 5. The Morgan fingerprint density at radius 3 is 2.32 bits per heavy atom. The van der Waals surface area contributed by atoms with Crippen LogP contribution in [0.25, 0.3) is 0 Å². The maximum absolute atomic E-state index is 13.1. The Balaban J connectivity index is 1.33. The van der Waals surface area contributed by atoms with Crippen molar-refractivity contribution in [2.45, 2.75) is 32.4 Å². The summed E-state index contributed by atoms with van der Waals surface area (Å²) in [6.07, 6.45) is 4.31. The second-order valence-corrected chi connectivity index (χ2v) is 9.28. The molecule has 0 bridgehead atoms. The molecule has 2 amide bonds. The Hall–Kier alpha value is -4.12. The molecule has 3 heterocycles. The molecule has 1 N–H and O–H groups in total. The second-order valence-electron chi connectivity index (χ2n) is 9.28. The third-order valence-corrected chi connectivity index (χ3v) is 6.20. The number of piperazine rings is 1. The number of halogens is 1. The molecule has 2 aromatic heterocycles. The third kappa shape index (κ3) is 6.18. The summed E-state index contributed by atoms with van der Waals surface area (Å²) >= 11 is 0. The first kappa shape index (κ1) is 26.0. The molecular formula is C26H29FN6O4. The summed E-state index contributed by atoms with van der Waals surface area (Å²) in [6, 6.07) is 8.52. The molecule has 1 aromatic carbocycles. The van der Waals surface area contributed by atoms with Crippen molar-refractivity contribution in [1.29, 1.82) is 0 Å². The molecule has 3 aromatic rings. The van der Waals surface area contributed by atoms with Crippen molar-refractivity contribution in [3.05, 3.63) is 66.5 Å². The Kier molecular flexibility index (Phi) is 7.63. The average Bonchev–Trinajstić information content (AvgIpc) is 2.89. The molecule has 0 radical (unpaired) electrons. The van der Waals surface area contributed by atoms with Crippen LogP contribution in [0.2, 0.25) is 0 Å². The Morgan fingerprint density at radius 1 is 1.00 bits per heavy atom. The van der Waals surface area contributed by atoms with E-state index in [1.807, 2.05) is 25.7 Å². The number of ether oxygens (including phenoxy) is 2. The van der Waals surface area contributed by atoms with Gasteiger partial charge in [0.25, 0.3) is 5.91 Å². The lowest BCUT2D eigenvalue weighted by molar-refractivity contribution is -0.122. The number of pyridine rings is 1. The number of amides is 2. The minimum absolute atomic E-state index is 0.212. The van der Waals surface area contributed by atoms with Crippen molar-refractivity contribution in [3.8, 4) is 17.4 Å². The number of methoxy groups -OCH3 is 1. The monoisotopic (exact) mass is 508 g/mol. The molecule has 0 spiro atoms. The smallest absolute Gasteiger partial charge is 0.274 e. The van der Waals surface area contributed by atoms with Crippen molar-refractivity contribution in [2.24, 2.45) is 0 Å². The van der Waals surface area contributed by atoms with Gasteiger partial charge in [-0.1, -0.05) is 0 Å². The van der Waals surface area contributed by atoms with Crippen LogP contribution in [0.5, 0.6) is 17.4 Å². The number of rotatable bonds is 7. The molecule has 1 atom stereocenters. The summed E-state index contributed by atoms with van der Waals surface area (Å²) in [5, 5.41) is 2.83. The van der Waals surface area contributed by atoms with Gasteiger partial charge >= 0.3 is 0 Å². The number of carbonyl (C=O) groups excluding carboxylic acids is 2. The fourth-order valence-corrected chi connectivity index (χ4v) is 4.12. The first-order valence-corrected chi connectivity index (χ1v) is 11.8. The van der Waals surface area contributed by atoms with E-state index in [-0.39, 0.29) is 23.3 Å². The molecule has 11 heteroatoms. The molecule has 1 aliphatic heterocycles. The van der Waals surface area contributed by atoms with Crippen LogP contribution >= 0.6 is 0 Å². The fourth-order valence-electron chi connectivity index (χ4n) is 4.12. The lowest BCUT2D eigenvalue weighted by atomic mass is 9.97. The maximum Gasteiger partial charge on any atom is 0.274 e. The van der Waals surface area contributed by atoms with Gasteiger partial charge in [-0.25, -0.2) is 19.3 Å². The van der Waals surface area contributed by atoms with Gasteiger partial charge in [-0.3, -0.25) is 14.5 Å². The zero-order valence-electron chi connectivity index (χ0n) is 21.1. The van der Waals surface area contributed by atoms with E-state index in [0.29, 0.717) is 42.8 Å². The first-order chi connectivity index (χ1) is 17.7. The highest BCUT2D eigenvalue weighted by molar-refractivity contribution is 5.94. The summed E-state index contributed by atoms with van der Waals surface area (Å²) in [5.74, 6) is 0.884. The number of aromatic nitrogens is 3. The van der Waals surface area contributed by atoms with E-state index in [1.165, 1.54) is 50.0 Å². The highest BCUT2D eigenvalue weighted by Crippen LogP contribution is 2.25. The van der Waals surface area contributed by atoms with Gasteiger partial charge < -0.3 is 19.7 Å². The van der Waals surface area contributed by atoms with E-state index in [4.69, 9.17) is 9.47 Å². The van der Waals surface area contributed by atoms with E-state index in [9.17, 15) is 14.0 Å². The van der Waals surface area contributed by atoms with Crippen LogP contribution in [0.4, 0.5) is 10.2 Å². The van der Waals surface area contributed by atoms with Gasteiger partial charge in [0.15, 0.2) is 0 Å². The van der Waals surface area contributed by atoms with Gasteiger partial charge in [-0.2, -0.15) is 0 Å². The molecule has 0 saturated carbocycles. The minimum Gasteiger partial charge on any atom is -0.480 e. The van der Waals surface area contributed by atoms with Crippen LogP contribution in [0, 0.1) is 5.82 Å². The molecule has 1 aliphatic rings. The lowest BCUT2D eigenvalue weighted by Crippen LogP contribution is -2.63. The van der Waals surface area contributed by atoms with Crippen molar-refractivity contribution >= 4 is 17.6 Å². The predicted molar refractivity (Wildman–Crippen MR) is 134 cm³/mol. The first-order valence-electron chi connectivity index (χ1n) is 11.8. The van der Waals surface area contributed by atoms with E-state index >= 15 is 0 Å². The summed E-state index contributed by atoms with van der Waals surface area (Å²) in [6.45, 7) is 7.19. The number of hydrogen-bond acceptors (Lipinski definition) is 8. The van der Waals surface area contributed by atoms with Crippen LogP contribution in [0.1, 0.15) is 31.3 Å². The zero-order chi connectivity index (χ0) is 26.6. The Bertz CT molecular complexity index is 1240. The SMILES string of the molecule is COc1cnc(C(=O)N2CCN([C@@H](C)C(=O)Nc3ccc(Oc4ccc(F)cc4)cn3)CC2(C)C)cn1. The van der Waals surface area contributed by atoms with E-state index in [1.54, 1.807) is 17.0 Å². The van der Waals surface area contributed by atoms with Crippen LogP contribution in [-0.4, -0.2) is 74.9 Å². The van der Waals surface area contributed by atoms with Gasteiger partial charge in [0, 0.05) is 19.6 Å². The van der Waals surface area contributed by atoms with Crippen LogP contribution in [0.3, 0.4) is 0 Å². The Labute approximate surface area is 214 Å². The molecule has 37 heavy (non-hydrogen) atoms. The van der Waals surface area contributed by atoms with Crippen LogP contribution in [0.15, 0.2) is 55.0 Å². The Morgan fingerprint density at radius 2 is 1.73 bits per heavy atom. The largest absolute Gasteiger partial charge is 0.480 e. The molecular weight excluding hydrogens is 479 g/mol. The van der Waals surface area contributed by atoms with Gasteiger partial charge in [0.1, 0.15) is 28.8 Å². The van der Waals surface area contributed by atoms with Crippen molar-refractivity contribution in [1.82, 2.24) is 24.8 Å². The average molecular weight is 509 g/mol.